The lowest BCUT2D eigenvalue weighted by Gasteiger charge is -2.16. The van der Waals surface area contributed by atoms with Crippen molar-refractivity contribution in [1.29, 1.82) is 0 Å². The minimum absolute atomic E-state index is 0.0159. The second-order valence-corrected chi connectivity index (χ2v) is 9.87. The van der Waals surface area contributed by atoms with Gasteiger partial charge in [-0.25, -0.2) is 9.52 Å². The normalized spacial score (nSPS) is 15.4. The van der Waals surface area contributed by atoms with Crippen LogP contribution in [0.25, 0.3) is 0 Å². The van der Waals surface area contributed by atoms with Gasteiger partial charge in [0.2, 0.25) is 0 Å². The molecule has 0 aliphatic carbocycles. The minimum Gasteiger partial charge on any atom is -0.491 e. The van der Waals surface area contributed by atoms with Crippen molar-refractivity contribution in [1.82, 2.24) is 19.4 Å². The van der Waals surface area contributed by atoms with Gasteiger partial charge in [-0.15, -0.1) is 0 Å². The van der Waals surface area contributed by atoms with Crippen molar-refractivity contribution in [3.8, 4) is 11.5 Å². The molecular formula is C24H34N4O8S. The summed E-state index contributed by atoms with van der Waals surface area (Å²) in [5.41, 5.74) is 2.03. The lowest BCUT2D eigenvalue weighted by molar-refractivity contribution is 0.0674. The van der Waals surface area contributed by atoms with Crippen LogP contribution in [0, 0.1) is 6.92 Å². The number of rotatable bonds is 15. The topological polar surface area (TPSA) is 147 Å². The molecule has 12 nitrogen and oxygen atoms in total. The molecule has 0 spiro atoms. The standard InChI is InChI=1S/C24H34N4O8S/c1-18-14-26-20(15-25-18)16-27-37(30,31)28-24(29)35-10-3-5-19-7-8-21(34-12-11-32-2)13-23(19)36-17-22-6-4-9-33-22/h7-8,13-15,22,27H,3-6,9-12,16-17H2,1-2H3,(H,28,29). The molecule has 0 saturated carbocycles. The molecule has 0 radical (unpaired) electrons. The summed E-state index contributed by atoms with van der Waals surface area (Å²) in [7, 11) is -2.50. The Kier molecular flexibility index (Phi) is 11.3. The molecular weight excluding hydrogens is 504 g/mol. The minimum atomic E-state index is -4.11. The Balaban J connectivity index is 1.45. The fraction of sp³-hybridized carbons (Fsp3) is 0.542. The zero-order valence-electron chi connectivity index (χ0n) is 21.1. The summed E-state index contributed by atoms with van der Waals surface area (Å²) in [5.74, 6) is 1.33. The van der Waals surface area contributed by atoms with Gasteiger partial charge in [-0.2, -0.15) is 13.1 Å². The van der Waals surface area contributed by atoms with Gasteiger partial charge >= 0.3 is 16.3 Å². The average Bonchev–Trinajstić information content (AvgIpc) is 3.39. The Labute approximate surface area is 217 Å². The van der Waals surface area contributed by atoms with Crippen LogP contribution in [0.2, 0.25) is 0 Å². The average molecular weight is 539 g/mol. The zero-order valence-corrected chi connectivity index (χ0v) is 21.9. The molecule has 2 heterocycles. The highest BCUT2D eigenvalue weighted by molar-refractivity contribution is 7.88. The van der Waals surface area contributed by atoms with E-state index in [0.29, 0.717) is 55.5 Å². The summed E-state index contributed by atoms with van der Waals surface area (Å²) in [4.78, 5) is 20.1. The van der Waals surface area contributed by atoms with Gasteiger partial charge in [0.1, 0.15) is 24.7 Å². The number of methoxy groups -OCH3 is 1. The number of carbonyl (C=O) groups is 1. The molecule has 1 aromatic heterocycles. The molecule has 1 aliphatic rings. The van der Waals surface area contributed by atoms with E-state index in [1.807, 2.05) is 22.9 Å². The highest BCUT2D eigenvalue weighted by Gasteiger charge is 2.18. The number of aryl methyl sites for hydroxylation is 2. The first-order valence-electron chi connectivity index (χ1n) is 12.1. The summed E-state index contributed by atoms with van der Waals surface area (Å²) in [6.45, 7) is 3.74. The van der Waals surface area contributed by atoms with Crippen LogP contribution in [0.4, 0.5) is 4.79 Å². The molecule has 0 bridgehead atoms. The summed E-state index contributed by atoms with van der Waals surface area (Å²) < 4.78 is 55.6. The van der Waals surface area contributed by atoms with Gasteiger partial charge in [-0.3, -0.25) is 9.97 Å². The van der Waals surface area contributed by atoms with E-state index in [4.69, 9.17) is 23.7 Å². The highest BCUT2D eigenvalue weighted by Crippen LogP contribution is 2.27. The highest BCUT2D eigenvalue weighted by atomic mass is 32.2. The third-order valence-corrected chi connectivity index (χ3v) is 6.32. The first-order valence-corrected chi connectivity index (χ1v) is 13.5. The predicted octanol–water partition coefficient (Wildman–Crippen LogP) is 2.06. The van der Waals surface area contributed by atoms with E-state index in [-0.39, 0.29) is 19.3 Å². The van der Waals surface area contributed by atoms with Crippen LogP contribution >= 0.6 is 0 Å². The number of nitrogens with one attached hydrogen (secondary N) is 2. The third-order valence-electron chi connectivity index (χ3n) is 5.36. The molecule has 204 valence electrons. The number of hydrogen-bond acceptors (Lipinski definition) is 10. The van der Waals surface area contributed by atoms with Crippen LogP contribution in [0.15, 0.2) is 30.6 Å². The van der Waals surface area contributed by atoms with Crippen molar-refractivity contribution in [2.75, 3.05) is 40.1 Å². The molecule has 1 saturated heterocycles. The first kappa shape index (κ1) is 28.6. The predicted molar refractivity (Wildman–Crippen MR) is 134 cm³/mol. The fourth-order valence-electron chi connectivity index (χ4n) is 3.45. The largest absolute Gasteiger partial charge is 0.491 e. The van der Waals surface area contributed by atoms with Crippen LogP contribution in [-0.2, 0) is 37.4 Å². The number of nitrogens with zero attached hydrogens (tertiary/aromatic N) is 2. The summed E-state index contributed by atoms with van der Waals surface area (Å²) >= 11 is 0. The Morgan fingerprint density at radius 1 is 1.16 bits per heavy atom. The van der Waals surface area contributed by atoms with E-state index < -0.39 is 16.3 Å². The maximum atomic E-state index is 12.1. The first-order chi connectivity index (χ1) is 17.8. The van der Waals surface area contributed by atoms with Crippen LogP contribution in [0.3, 0.4) is 0 Å². The Morgan fingerprint density at radius 3 is 2.76 bits per heavy atom. The van der Waals surface area contributed by atoms with E-state index >= 15 is 0 Å². The maximum absolute atomic E-state index is 12.1. The number of benzene rings is 1. The molecule has 1 aromatic carbocycles. The number of ether oxygens (including phenoxy) is 5. The maximum Gasteiger partial charge on any atom is 0.421 e. The van der Waals surface area contributed by atoms with Gasteiger partial charge in [-0.05, 0) is 44.2 Å². The van der Waals surface area contributed by atoms with Crippen LogP contribution in [-0.4, -0.2) is 70.7 Å². The van der Waals surface area contributed by atoms with E-state index in [0.717, 1.165) is 25.0 Å². The summed E-state index contributed by atoms with van der Waals surface area (Å²) in [6.07, 6.45) is 4.94. The molecule has 2 aromatic rings. The third kappa shape index (κ3) is 10.5. The fourth-order valence-corrected chi connectivity index (χ4v) is 4.14. The van der Waals surface area contributed by atoms with Crippen molar-refractivity contribution in [3.63, 3.8) is 0 Å². The second kappa shape index (κ2) is 14.7. The van der Waals surface area contributed by atoms with Crippen molar-refractivity contribution in [3.05, 3.63) is 47.5 Å². The second-order valence-electron chi connectivity index (χ2n) is 8.37. The quantitative estimate of drug-likeness (QED) is 0.323. The monoisotopic (exact) mass is 538 g/mol. The molecule has 37 heavy (non-hydrogen) atoms. The Bertz CT molecular complexity index is 1090. The van der Waals surface area contributed by atoms with Gasteiger partial charge in [0.05, 0.1) is 43.4 Å². The molecule has 3 rings (SSSR count). The number of hydrogen-bond donors (Lipinski definition) is 2. The van der Waals surface area contributed by atoms with Gasteiger partial charge in [0, 0.05) is 26.0 Å². The molecule has 2 N–H and O–H groups in total. The van der Waals surface area contributed by atoms with Crippen molar-refractivity contribution in [2.45, 2.75) is 45.3 Å². The Morgan fingerprint density at radius 2 is 2.03 bits per heavy atom. The van der Waals surface area contributed by atoms with E-state index in [1.54, 1.807) is 14.0 Å². The van der Waals surface area contributed by atoms with E-state index in [9.17, 15) is 13.2 Å². The molecule has 13 heteroatoms. The van der Waals surface area contributed by atoms with Crippen molar-refractivity contribution >= 4 is 16.3 Å². The molecule has 1 aliphatic heterocycles. The van der Waals surface area contributed by atoms with Crippen molar-refractivity contribution < 1.29 is 36.9 Å². The summed E-state index contributed by atoms with van der Waals surface area (Å²) in [5, 5.41) is 0. The van der Waals surface area contributed by atoms with Crippen LogP contribution in [0.1, 0.15) is 36.2 Å². The lowest BCUT2D eigenvalue weighted by atomic mass is 10.1. The smallest absolute Gasteiger partial charge is 0.421 e. The lowest BCUT2D eigenvalue weighted by Crippen LogP contribution is -2.40. The SMILES string of the molecule is COCCOc1ccc(CCCOC(=O)NS(=O)(=O)NCc2cnc(C)cn2)c(OCC2CCCO2)c1. The molecule has 1 atom stereocenters. The molecule has 1 fully saturated rings. The van der Waals surface area contributed by atoms with Gasteiger partial charge < -0.3 is 23.7 Å². The van der Waals surface area contributed by atoms with Crippen LogP contribution < -0.4 is 18.9 Å². The van der Waals surface area contributed by atoms with Gasteiger partial charge in [0.15, 0.2) is 0 Å². The molecule has 1 amide bonds. The van der Waals surface area contributed by atoms with Gasteiger partial charge in [-0.1, -0.05) is 6.07 Å². The van der Waals surface area contributed by atoms with E-state index in [2.05, 4.69) is 14.7 Å². The van der Waals surface area contributed by atoms with Gasteiger partial charge in [0.25, 0.3) is 0 Å². The van der Waals surface area contributed by atoms with E-state index in [1.165, 1.54) is 12.4 Å². The molecule has 1 unspecified atom stereocenters. The Hall–Kier alpha value is -3.00. The number of aromatic nitrogens is 2. The number of amides is 1. The number of carbonyl (C=O) groups excluding carboxylic acids is 1. The zero-order chi connectivity index (χ0) is 26.5. The summed E-state index contributed by atoms with van der Waals surface area (Å²) in [6, 6.07) is 5.56. The van der Waals surface area contributed by atoms with Crippen LogP contribution in [0.5, 0.6) is 11.5 Å². The van der Waals surface area contributed by atoms with Crippen molar-refractivity contribution in [2.24, 2.45) is 0 Å².